The van der Waals surface area contributed by atoms with Crippen molar-refractivity contribution in [2.75, 3.05) is 5.32 Å². The first-order valence-electron chi connectivity index (χ1n) is 7.35. The Bertz CT molecular complexity index is 967. The fourth-order valence-corrected chi connectivity index (χ4v) is 2.14. The van der Waals surface area contributed by atoms with Crippen molar-refractivity contribution in [1.82, 2.24) is 15.0 Å². The lowest BCUT2D eigenvalue weighted by molar-refractivity contribution is -0.0493. The molecule has 0 saturated heterocycles. The summed E-state index contributed by atoms with van der Waals surface area (Å²) in [6.07, 6.45) is 1.24. The minimum atomic E-state index is -3.07. The fraction of sp³-hybridized carbons (Fsp3) is 0.0588. The Morgan fingerprint density at radius 1 is 1.23 bits per heavy atom. The number of carbonyl (C=O) groups excluding carboxylic acids is 1. The second-order valence-corrected chi connectivity index (χ2v) is 5.01. The average molecular weight is 355 g/mol. The number of para-hydroxylation sites is 1. The third-order valence-corrected chi connectivity index (χ3v) is 3.28. The zero-order valence-corrected chi connectivity index (χ0v) is 13.1. The second kappa shape index (κ2) is 7.40. The lowest BCUT2D eigenvalue weighted by atomic mass is 10.2. The summed E-state index contributed by atoms with van der Waals surface area (Å²) in [5, 5.41) is 19.4. The number of hydrogen-bond donors (Lipinski definition) is 1. The molecule has 26 heavy (non-hydrogen) atoms. The second-order valence-electron chi connectivity index (χ2n) is 5.01. The molecule has 1 heterocycles. The normalized spacial score (nSPS) is 10.4. The van der Waals surface area contributed by atoms with E-state index in [4.69, 9.17) is 5.26 Å². The Hall–Kier alpha value is -3.80. The van der Waals surface area contributed by atoms with E-state index < -0.39 is 12.5 Å². The van der Waals surface area contributed by atoms with Gasteiger partial charge in [-0.1, -0.05) is 18.2 Å². The molecule has 2 aromatic carbocycles. The molecule has 0 aliphatic heterocycles. The van der Waals surface area contributed by atoms with Crippen LogP contribution in [-0.4, -0.2) is 27.5 Å². The molecule has 9 heteroatoms. The number of benzene rings is 2. The highest BCUT2D eigenvalue weighted by Crippen LogP contribution is 2.27. The van der Waals surface area contributed by atoms with E-state index in [1.54, 1.807) is 24.3 Å². The van der Waals surface area contributed by atoms with Crippen LogP contribution in [0.25, 0.3) is 5.69 Å². The van der Waals surface area contributed by atoms with Crippen molar-refractivity contribution in [1.29, 1.82) is 5.26 Å². The van der Waals surface area contributed by atoms with Crippen LogP contribution in [0.15, 0.2) is 54.7 Å². The van der Waals surface area contributed by atoms with E-state index in [0.29, 0.717) is 5.69 Å². The van der Waals surface area contributed by atoms with Gasteiger partial charge in [0.15, 0.2) is 5.69 Å². The zero-order valence-electron chi connectivity index (χ0n) is 13.1. The van der Waals surface area contributed by atoms with Gasteiger partial charge in [-0.05, 0) is 30.3 Å². The largest absolute Gasteiger partial charge is 0.433 e. The highest BCUT2D eigenvalue weighted by Gasteiger charge is 2.16. The highest BCUT2D eigenvalue weighted by molar-refractivity contribution is 6.03. The number of halogens is 2. The van der Waals surface area contributed by atoms with Crippen LogP contribution in [0.2, 0.25) is 0 Å². The molecule has 0 radical (unpaired) electrons. The Labute approximate surface area is 146 Å². The maximum atomic E-state index is 12.5. The molecule has 0 spiro atoms. The predicted molar refractivity (Wildman–Crippen MR) is 87.1 cm³/mol. The number of anilines is 1. The number of hydrogen-bond acceptors (Lipinski definition) is 5. The first-order valence-corrected chi connectivity index (χ1v) is 7.35. The van der Waals surface area contributed by atoms with Crippen molar-refractivity contribution in [3.63, 3.8) is 0 Å². The number of carbonyl (C=O) groups is 1. The summed E-state index contributed by atoms with van der Waals surface area (Å²) < 4.78 is 29.4. The van der Waals surface area contributed by atoms with Crippen molar-refractivity contribution in [2.45, 2.75) is 6.61 Å². The van der Waals surface area contributed by atoms with E-state index in [-0.39, 0.29) is 22.7 Å². The maximum Gasteiger partial charge on any atom is 0.387 e. The summed E-state index contributed by atoms with van der Waals surface area (Å²) in [6, 6.07) is 14.5. The van der Waals surface area contributed by atoms with Gasteiger partial charge in [0.2, 0.25) is 0 Å². The van der Waals surface area contributed by atoms with Crippen LogP contribution in [-0.2, 0) is 0 Å². The molecule has 1 aromatic heterocycles. The summed E-state index contributed by atoms with van der Waals surface area (Å²) >= 11 is 0. The van der Waals surface area contributed by atoms with Crippen LogP contribution in [0.1, 0.15) is 16.1 Å². The number of alkyl halides is 2. The van der Waals surface area contributed by atoms with Crippen LogP contribution in [0, 0.1) is 11.3 Å². The number of nitriles is 1. The Balaban J connectivity index is 1.84. The van der Waals surface area contributed by atoms with Crippen molar-refractivity contribution in [3.8, 4) is 17.5 Å². The number of ether oxygens (including phenoxy) is 1. The molecule has 130 valence electrons. The minimum Gasteiger partial charge on any atom is -0.433 e. The van der Waals surface area contributed by atoms with Crippen LogP contribution >= 0.6 is 0 Å². The summed E-state index contributed by atoms with van der Waals surface area (Å²) in [5.74, 6) is -0.941. The van der Waals surface area contributed by atoms with Crippen LogP contribution < -0.4 is 10.1 Å². The van der Waals surface area contributed by atoms with Crippen molar-refractivity contribution < 1.29 is 18.3 Å². The number of nitrogens with one attached hydrogen (secondary N) is 1. The van der Waals surface area contributed by atoms with E-state index in [9.17, 15) is 13.6 Å². The Kier molecular flexibility index (Phi) is 4.85. The molecule has 1 N–H and O–H groups in total. The van der Waals surface area contributed by atoms with Gasteiger partial charge in [-0.3, -0.25) is 4.79 Å². The first kappa shape index (κ1) is 17.0. The van der Waals surface area contributed by atoms with E-state index in [2.05, 4.69) is 20.3 Å². The van der Waals surface area contributed by atoms with Crippen molar-refractivity contribution >= 4 is 11.6 Å². The third-order valence-electron chi connectivity index (χ3n) is 3.28. The van der Waals surface area contributed by atoms with Gasteiger partial charge in [-0.2, -0.15) is 23.9 Å². The van der Waals surface area contributed by atoms with Crippen molar-refractivity contribution in [2.24, 2.45) is 0 Å². The molecule has 3 rings (SSSR count). The van der Waals surface area contributed by atoms with Crippen LogP contribution in [0.3, 0.4) is 0 Å². The Morgan fingerprint density at radius 2 is 2.00 bits per heavy atom. The quantitative estimate of drug-likeness (QED) is 0.759. The van der Waals surface area contributed by atoms with Gasteiger partial charge in [0, 0.05) is 0 Å². The van der Waals surface area contributed by atoms with Gasteiger partial charge >= 0.3 is 6.61 Å². The molecule has 0 fully saturated rings. The van der Waals surface area contributed by atoms with Gasteiger partial charge in [0.1, 0.15) is 5.75 Å². The van der Waals surface area contributed by atoms with Crippen LogP contribution in [0.5, 0.6) is 5.75 Å². The minimum absolute atomic E-state index is 0.0285. The molecular formula is C17H11F2N5O2. The number of rotatable bonds is 5. The Morgan fingerprint density at radius 3 is 2.69 bits per heavy atom. The molecule has 0 aliphatic rings. The molecular weight excluding hydrogens is 344 g/mol. The maximum absolute atomic E-state index is 12.5. The number of amides is 1. The molecule has 0 unspecified atom stereocenters. The van der Waals surface area contributed by atoms with Gasteiger partial charge in [-0.15, -0.1) is 5.10 Å². The molecule has 3 aromatic rings. The lowest BCUT2D eigenvalue weighted by Gasteiger charge is -2.11. The standard InChI is InChI=1S/C17H11F2N5O2/c18-17(19)26-15-7-6-11(9-20)8-13(15)22-16(25)14-10-21-24(23-14)12-4-2-1-3-5-12/h1-8,10,17H,(H,22,25). The van der Waals surface area contributed by atoms with E-state index in [0.717, 1.165) is 0 Å². The molecule has 0 bridgehead atoms. The van der Waals surface area contributed by atoms with Gasteiger partial charge in [0.05, 0.1) is 29.2 Å². The summed E-state index contributed by atoms with van der Waals surface area (Å²) in [6.45, 7) is -3.07. The van der Waals surface area contributed by atoms with Crippen molar-refractivity contribution in [3.05, 3.63) is 66.0 Å². The molecule has 0 saturated carbocycles. The van der Waals surface area contributed by atoms with Gasteiger partial charge in [-0.25, -0.2) is 0 Å². The number of aromatic nitrogens is 3. The summed E-state index contributed by atoms with van der Waals surface area (Å²) in [5.41, 5.74) is 0.734. The smallest absolute Gasteiger partial charge is 0.387 e. The van der Waals surface area contributed by atoms with E-state index in [1.165, 1.54) is 29.2 Å². The molecule has 0 aliphatic carbocycles. The topological polar surface area (TPSA) is 92.8 Å². The zero-order chi connectivity index (χ0) is 18.5. The van der Waals surface area contributed by atoms with E-state index >= 15 is 0 Å². The highest BCUT2D eigenvalue weighted by atomic mass is 19.3. The monoisotopic (exact) mass is 355 g/mol. The summed E-state index contributed by atoms with van der Waals surface area (Å²) in [7, 11) is 0. The SMILES string of the molecule is N#Cc1ccc(OC(F)F)c(NC(=O)c2cnn(-c3ccccc3)n2)c1. The molecule has 0 atom stereocenters. The predicted octanol–water partition coefficient (Wildman–Crippen LogP) is 2.99. The molecule has 7 nitrogen and oxygen atoms in total. The van der Waals surface area contributed by atoms with Gasteiger partial charge in [0.25, 0.3) is 5.91 Å². The van der Waals surface area contributed by atoms with Crippen LogP contribution in [0.4, 0.5) is 14.5 Å². The number of nitrogens with zero attached hydrogens (tertiary/aromatic N) is 4. The lowest BCUT2D eigenvalue weighted by Crippen LogP contribution is -2.15. The van der Waals surface area contributed by atoms with E-state index in [1.807, 2.05) is 12.1 Å². The average Bonchev–Trinajstić information content (AvgIpc) is 3.14. The van der Waals surface area contributed by atoms with Gasteiger partial charge < -0.3 is 10.1 Å². The first-order chi connectivity index (χ1) is 12.6. The fourth-order valence-electron chi connectivity index (χ4n) is 2.14. The summed E-state index contributed by atoms with van der Waals surface area (Å²) in [4.78, 5) is 13.6. The molecule has 1 amide bonds. The third kappa shape index (κ3) is 3.81.